The van der Waals surface area contributed by atoms with Crippen LogP contribution in [0.1, 0.15) is 24.5 Å². The van der Waals surface area contributed by atoms with Crippen molar-refractivity contribution in [1.29, 1.82) is 0 Å². The molecule has 1 rings (SSSR count). The lowest BCUT2D eigenvalue weighted by atomic mass is 10.1. The summed E-state index contributed by atoms with van der Waals surface area (Å²) in [5, 5.41) is 0. The van der Waals surface area contributed by atoms with Crippen molar-refractivity contribution < 1.29 is 17.9 Å². The third-order valence-corrected chi connectivity index (χ3v) is 2.13. The lowest BCUT2D eigenvalue weighted by molar-refractivity contribution is -0.137. The highest BCUT2D eigenvalue weighted by molar-refractivity contribution is 5.38. The molecular formula is C11H13F3O. The van der Waals surface area contributed by atoms with Gasteiger partial charge in [-0.15, -0.1) is 0 Å². The number of aryl methyl sites for hydroxylation is 1. The van der Waals surface area contributed by atoms with Crippen LogP contribution in [0.25, 0.3) is 0 Å². The number of methoxy groups -OCH3 is 1. The van der Waals surface area contributed by atoms with Crippen molar-refractivity contribution in [2.75, 3.05) is 7.11 Å². The van der Waals surface area contributed by atoms with E-state index in [1.54, 1.807) is 0 Å². The van der Waals surface area contributed by atoms with E-state index in [9.17, 15) is 13.2 Å². The van der Waals surface area contributed by atoms with Crippen LogP contribution in [0.2, 0.25) is 0 Å². The minimum atomic E-state index is -4.31. The molecule has 0 saturated carbocycles. The first-order valence-corrected chi connectivity index (χ1v) is 4.73. The van der Waals surface area contributed by atoms with Gasteiger partial charge in [0.05, 0.1) is 12.7 Å². The monoisotopic (exact) mass is 218 g/mol. The Kier molecular flexibility index (Phi) is 3.61. The lowest BCUT2D eigenvalue weighted by Gasteiger charge is -2.11. The summed E-state index contributed by atoms with van der Waals surface area (Å²) in [6.07, 6.45) is -2.71. The molecule has 0 aromatic heterocycles. The van der Waals surface area contributed by atoms with E-state index in [1.165, 1.54) is 13.2 Å². The molecule has 0 aliphatic heterocycles. The standard InChI is InChI=1S/C11H13F3O/c1-3-4-8-5-6-9(11(12,13)14)7-10(8)15-2/h5-7H,3-4H2,1-2H3. The van der Waals surface area contributed by atoms with Crippen LogP contribution >= 0.6 is 0 Å². The number of hydrogen-bond donors (Lipinski definition) is 0. The number of rotatable bonds is 3. The molecule has 84 valence electrons. The number of hydrogen-bond acceptors (Lipinski definition) is 1. The Balaban J connectivity index is 3.08. The van der Waals surface area contributed by atoms with E-state index in [2.05, 4.69) is 0 Å². The highest BCUT2D eigenvalue weighted by Gasteiger charge is 2.31. The van der Waals surface area contributed by atoms with Gasteiger partial charge in [-0.1, -0.05) is 19.4 Å². The van der Waals surface area contributed by atoms with Crippen LogP contribution < -0.4 is 4.74 Å². The fourth-order valence-corrected chi connectivity index (χ4v) is 1.40. The Bertz CT molecular complexity index is 331. The minimum absolute atomic E-state index is 0.312. The molecule has 0 atom stereocenters. The second-order valence-electron chi connectivity index (χ2n) is 3.27. The van der Waals surface area contributed by atoms with Gasteiger partial charge in [0.2, 0.25) is 0 Å². The van der Waals surface area contributed by atoms with Crippen molar-refractivity contribution in [2.45, 2.75) is 25.9 Å². The Morgan fingerprint density at radius 1 is 1.27 bits per heavy atom. The summed E-state index contributed by atoms with van der Waals surface area (Å²) >= 11 is 0. The topological polar surface area (TPSA) is 9.23 Å². The average molecular weight is 218 g/mol. The lowest BCUT2D eigenvalue weighted by Crippen LogP contribution is -2.05. The third-order valence-electron chi connectivity index (χ3n) is 2.13. The zero-order valence-electron chi connectivity index (χ0n) is 8.69. The zero-order chi connectivity index (χ0) is 11.5. The van der Waals surface area contributed by atoms with Gasteiger partial charge >= 0.3 is 6.18 Å². The maximum absolute atomic E-state index is 12.4. The first-order valence-electron chi connectivity index (χ1n) is 4.73. The molecule has 0 unspecified atom stereocenters. The van der Waals surface area contributed by atoms with Gasteiger partial charge in [-0.3, -0.25) is 0 Å². The predicted molar refractivity (Wildman–Crippen MR) is 52.0 cm³/mol. The molecule has 1 aromatic carbocycles. The van der Waals surface area contributed by atoms with Crippen molar-refractivity contribution in [1.82, 2.24) is 0 Å². The molecule has 0 bridgehead atoms. The van der Waals surface area contributed by atoms with Gasteiger partial charge < -0.3 is 4.74 Å². The molecule has 0 aliphatic carbocycles. The summed E-state index contributed by atoms with van der Waals surface area (Å²) in [6, 6.07) is 3.61. The molecule has 4 heteroatoms. The van der Waals surface area contributed by atoms with Crippen LogP contribution in [0.3, 0.4) is 0 Å². The van der Waals surface area contributed by atoms with Gasteiger partial charge in [0.15, 0.2) is 0 Å². The molecule has 1 aromatic rings. The quantitative estimate of drug-likeness (QED) is 0.752. The summed E-state index contributed by atoms with van der Waals surface area (Å²) in [6.45, 7) is 1.97. The second-order valence-corrected chi connectivity index (χ2v) is 3.27. The fraction of sp³-hybridized carbons (Fsp3) is 0.455. The normalized spacial score (nSPS) is 11.5. The first kappa shape index (κ1) is 11.9. The Hall–Kier alpha value is -1.19. The molecule has 0 saturated heterocycles. The summed E-state index contributed by atoms with van der Waals surface area (Å²) in [5.74, 6) is 0.312. The van der Waals surface area contributed by atoms with Gasteiger partial charge in [-0.05, 0) is 24.1 Å². The summed E-state index contributed by atoms with van der Waals surface area (Å²) < 4.78 is 42.0. The van der Waals surface area contributed by atoms with Gasteiger partial charge in [0.1, 0.15) is 5.75 Å². The minimum Gasteiger partial charge on any atom is -0.496 e. The van der Waals surface area contributed by atoms with Crippen LogP contribution in [0.4, 0.5) is 13.2 Å². The van der Waals surface area contributed by atoms with Crippen LogP contribution in [0.15, 0.2) is 18.2 Å². The summed E-state index contributed by atoms with van der Waals surface area (Å²) in [4.78, 5) is 0. The first-order chi connectivity index (χ1) is 6.99. The molecule has 0 fully saturated rings. The van der Waals surface area contributed by atoms with E-state index >= 15 is 0 Å². The number of ether oxygens (including phenoxy) is 1. The van der Waals surface area contributed by atoms with Gasteiger partial charge in [0.25, 0.3) is 0 Å². The Labute approximate surface area is 86.9 Å². The largest absolute Gasteiger partial charge is 0.496 e. The summed E-state index contributed by atoms with van der Waals surface area (Å²) in [5.41, 5.74) is 0.146. The van der Waals surface area contributed by atoms with Crippen molar-refractivity contribution in [2.24, 2.45) is 0 Å². The van der Waals surface area contributed by atoms with Crippen molar-refractivity contribution in [3.05, 3.63) is 29.3 Å². The zero-order valence-corrected chi connectivity index (χ0v) is 8.69. The molecule has 0 N–H and O–H groups in total. The second kappa shape index (κ2) is 4.55. The van der Waals surface area contributed by atoms with Crippen molar-refractivity contribution in [3.8, 4) is 5.75 Å². The maximum Gasteiger partial charge on any atom is 0.416 e. The highest BCUT2D eigenvalue weighted by atomic mass is 19.4. The SMILES string of the molecule is CCCc1ccc(C(F)(F)F)cc1OC. The number of benzene rings is 1. The maximum atomic E-state index is 12.4. The molecule has 1 nitrogen and oxygen atoms in total. The van der Waals surface area contributed by atoms with E-state index in [-0.39, 0.29) is 0 Å². The van der Waals surface area contributed by atoms with E-state index in [4.69, 9.17) is 4.74 Å². The van der Waals surface area contributed by atoms with E-state index < -0.39 is 11.7 Å². The predicted octanol–water partition coefficient (Wildman–Crippen LogP) is 3.67. The smallest absolute Gasteiger partial charge is 0.416 e. The Morgan fingerprint density at radius 3 is 2.40 bits per heavy atom. The number of alkyl halides is 3. The van der Waals surface area contributed by atoms with E-state index in [0.717, 1.165) is 30.5 Å². The third kappa shape index (κ3) is 2.88. The number of halogens is 3. The molecule has 0 amide bonds. The average Bonchev–Trinajstić information content (AvgIpc) is 2.17. The summed E-state index contributed by atoms with van der Waals surface area (Å²) in [7, 11) is 1.38. The highest BCUT2D eigenvalue weighted by Crippen LogP contribution is 2.33. The van der Waals surface area contributed by atoms with Gasteiger partial charge in [0, 0.05) is 0 Å². The fourth-order valence-electron chi connectivity index (χ4n) is 1.40. The van der Waals surface area contributed by atoms with Crippen molar-refractivity contribution >= 4 is 0 Å². The van der Waals surface area contributed by atoms with E-state index in [0.29, 0.717) is 5.75 Å². The molecule has 15 heavy (non-hydrogen) atoms. The van der Waals surface area contributed by atoms with Crippen LogP contribution in [-0.4, -0.2) is 7.11 Å². The molecule has 0 spiro atoms. The van der Waals surface area contributed by atoms with Crippen LogP contribution in [0.5, 0.6) is 5.75 Å². The van der Waals surface area contributed by atoms with Crippen LogP contribution in [-0.2, 0) is 12.6 Å². The molecular weight excluding hydrogens is 205 g/mol. The molecule has 0 heterocycles. The van der Waals surface area contributed by atoms with Crippen molar-refractivity contribution in [3.63, 3.8) is 0 Å². The van der Waals surface area contributed by atoms with Crippen LogP contribution in [0, 0.1) is 0 Å². The van der Waals surface area contributed by atoms with Gasteiger partial charge in [-0.25, -0.2) is 0 Å². The Morgan fingerprint density at radius 2 is 1.93 bits per heavy atom. The molecule has 0 aliphatic rings. The van der Waals surface area contributed by atoms with Gasteiger partial charge in [-0.2, -0.15) is 13.2 Å². The van der Waals surface area contributed by atoms with E-state index in [1.807, 2.05) is 6.92 Å². The molecule has 0 radical (unpaired) electrons.